The molecule has 0 N–H and O–H groups in total. The molecule has 1 saturated heterocycles. The standard InChI is InChI=1S/C12H19N5O3/c1-20-12(19)2-3-15-4-6-16(7-5-15)11(18)8-17-10-13-9-14-17/h9-10H,2-8H2,1H3. The second-order valence-electron chi connectivity index (χ2n) is 4.64. The van der Waals surface area contributed by atoms with Crippen LogP contribution in [0.25, 0.3) is 0 Å². The van der Waals surface area contributed by atoms with Crippen molar-refractivity contribution in [2.24, 2.45) is 0 Å². The Balaban J connectivity index is 1.71. The Bertz CT molecular complexity index is 440. The second kappa shape index (κ2) is 6.99. The fourth-order valence-electron chi connectivity index (χ4n) is 2.13. The maximum Gasteiger partial charge on any atom is 0.306 e. The molecule has 2 rings (SSSR count). The lowest BCUT2D eigenvalue weighted by Crippen LogP contribution is -2.49. The van der Waals surface area contributed by atoms with Crippen molar-refractivity contribution in [3.8, 4) is 0 Å². The molecular weight excluding hydrogens is 262 g/mol. The number of ether oxygens (including phenoxy) is 1. The van der Waals surface area contributed by atoms with Crippen LogP contribution in [-0.4, -0.2) is 76.3 Å². The molecule has 1 fully saturated rings. The number of hydrogen-bond donors (Lipinski definition) is 0. The first kappa shape index (κ1) is 14.4. The van der Waals surface area contributed by atoms with E-state index in [2.05, 4.69) is 19.7 Å². The maximum absolute atomic E-state index is 12.0. The van der Waals surface area contributed by atoms with E-state index in [1.807, 2.05) is 4.90 Å². The SMILES string of the molecule is COC(=O)CCN1CCN(C(=O)Cn2cncn2)CC1. The van der Waals surface area contributed by atoms with Crippen molar-refractivity contribution in [2.45, 2.75) is 13.0 Å². The van der Waals surface area contributed by atoms with Crippen molar-refractivity contribution in [2.75, 3.05) is 39.8 Å². The molecule has 0 radical (unpaired) electrons. The first-order chi connectivity index (χ1) is 9.69. The zero-order valence-corrected chi connectivity index (χ0v) is 11.6. The molecule has 0 spiro atoms. The number of esters is 1. The predicted octanol–water partition coefficient (Wildman–Crippen LogP) is -1.01. The minimum absolute atomic E-state index is 0.0446. The molecule has 0 aromatic carbocycles. The molecule has 1 aromatic heterocycles. The zero-order valence-electron chi connectivity index (χ0n) is 11.6. The lowest BCUT2D eigenvalue weighted by molar-refractivity contribution is -0.141. The maximum atomic E-state index is 12.0. The average Bonchev–Trinajstić information content (AvgIpc) is 2.98. The normalized spacial score (nSPS) is 16.1. The molecule has 0 saturated carbocycles. The quantitative estimate of drug-likeness (QED) is 0.643. The Labute approximate surface area is 117 Å². The van der Waals surface area contributed by atoms with E-state index in [0.29, 0.717) is 26.1 Å². The van der Waals surface area contributed by atoms with E-state index < -0.39 is 0 Å². The van der Waals surface area contributed by atoms with Gasteiger partial charge in [0.2, 0.25) is 5.91 Å². The number of aromatic nitrogens is 3. The number of methoxy groups -OCH3 is 1. The first-order valence-corrected chi connectivity index (χ1v) is 6.58. The van der Waals surface area contributed by atoms with Gasteiger partial charge in [-0.05, 0) is 0 Å². The van der Waals surface area contributed by atoms with Gasteiger partial charge in [0.25, 0.3) is 0 Å². The van der Waals surface area contributed by atoms with Crippen LogP contribution in [0.3, 0.4) is 0 Å². The molecule has 0 atom stereocenters. The fraction of sp³-hybridized carbons (Fsp3) is 0.667. The average molecular weight is 281 g/mol. The van der Waals surface area contributed by atoms with E-state index in [4.69, 9.17) is 0 Å². The summed E-state index contributed by atoms with van der Waals surface area (Å²) in [6, 6.07) is 0. The molecule has 0 aliphatic carbocycles. The van der Waals surface area contributed by atoms with Crippen molar-refractivity contribution >= 4 is 11.9 Å². The van der Waals surface area contributed by atoms with Gasteiger partial charge in [0.05, 0.1) is 13.5 Å². The molecule has 1 amide bonds. The fourth-order valence-corrected chi connectivity index (χ4v) is 2.13. The molecule has 0 bridgehead atoms. The third-order valence-electron chi connectivity index (χ3n) is 3.35. The Morgan fingerprint density at radius 2 is 2.00 bits per heavy atom. The van der Waals surface area contributed by atoms with Gasteiger partial charge in [0, 0.05) is 32.7 Å². The molecular formula is C12H19N5O3. The molecule has 1 aromatic rings. The summed E-state index contributed by atoms with van der Waals surface area (Å²) in [5, 5.41) is 3.92. The highest BCUT2D eigenvalue weighted by atomic mass is 16.5. The van der Waals surface area contributed by atoms with Crippen LogP contribution < -0.4 is 0 Å². The van der Waals surface area contributed by atoms with Gasteiger partial charge < -0.3 is 9.64 Å². The zero-order chi connectivity index (χ0) is 14.4. The van der Waals surface area contributed by atoms with Gasteiger partial charge in [-0.25, -0.2) is 9.67 Å². The lowest BCUT2D eigenvalue weighted by atomic mass is 10.3. The third kappa shape index (κ3) is 4.02. The van der Waals surface area contributed by atoms with E-state index in [9.17, 15) is 9.59 Å². The van der Waals surface area contributed by atoms with Gasteiger partial charge in [-0.2, -0.15) is 5.10 Å². The highest BCUT2D eigenvalue weighted by Crippen LogP contribution is 2.04. The highest BCUT2D eigenvalue weighted by Gasteiger charge is 2.21. The van der Waals surface area contributed by atoms with E-state index in [1.54, 1.807) is 0 Å². The number of hydrogen-bond acceptors (Lipinski definition) is 6. The lowest BCUT2D eigenvalue weighted by Gasteiger charge is -2.34. The molecule has 110 valence electrons. The first-order valence-electron chi connectivity index (χ1n) is 6.58. The topological polar surface area (TPSA) is 80.6 Å². The number of carbonyl (C=O) groups excluding carboxylic acids is 2. The van der Waals surface area contributed by atoms with Crippen LogP contribution in [0.4, 0.5) is 0 Å². The minimum Gasteiger partial charge on any atom is -0.469 e. The van der Waals surface area contributed by atoms with Gasteiger partial charge in [-0.15, -0.1) is 0 Å². The van der Waals surface area contributed by atoms with Crippen LogP contribution in [0.1, 0.15) is 6.42 Å². The van der Waals surface area contributed by atoms with Gasteiger partial charge in [0.1, 0.15) is 19.2 Å². The van der Waals surface area contributed by atoms with E-state index in [-0.39, 0.29) is 18.4 Å². The van der Waals surface area contributed by atoms with Crippen LogP contribution in [0.5, 0.6) is 0 Å². The van der Waals surface area contributed by atoms with Crippen molar-refractivity contribution in [3.05, 3.63) is 12.7 Å². The Morgan fingerprint density at radius 3 is 2.60 bits per heavy atom. The van der Waals surface area contributed by atoms with Crippen LogP contribution >= 0.6 is 0 Å². The largest absolute Gasteiger partial charge is 0.469 e. The number of carbonyl (C=O) groups is 2. The van der Waals surface area contributed by atoms with Crippen LogP contribution in [0, 0.1) is 0 Å². The monoisotopic (exact) mass is 281 g/mol. The van der Waals surface area contributed by atoms with Gasteiger partial charge in [-0.3, -0.25) is 14.5 Å². The van der Waals surface area contributed by atoms with Crippen LogP contribution in [0.15, 0.2) is 12.7 Å². The molecule has 1 aliphatic rings. The van der Waals surface area contributed by atoms with Gasteiger partial charge in [-0.1, -0.05) is 0 Å². The molecule has 8 heteroatoms. The molecule has 1 aliphatic heterocycles. The Morgan fingerprint density at radius 1 is 1.25 bits per heavy atom. The summed E-state index contributed by atoms with van der Waals surface area (Å²) < 4.78 is 6.13. The summed E-state index contributed by atoms with van der Waals surface area (Å²) in [5.41, 5.74) is 0. The number of amides is 1. The third-order valence-corrected chi connectivity index (χ3v) is 3.35. The van der Waals surface area contributed by atoms with Crippen LogP contribution in [-0.2, 0) is 20.9 Å². The summed E-state index contributed by atoms with van der Waals surface area (Å²) >= 11 is 0. The van der Waals surface area contributed by atoms with Crippen molar-refractivity contribution in [1.29, 1.82) is 0 Å². The van der Waals surface area contributed by atoms with E-state index in [1.165, 1.54) is 24.4 Å². The van der Waals surface area contributed by atoms with E-state index >= 15 is 0 Å². The highest BCUT2D eigenvalue weighted by molar-refractivity contribution is 5.76. The smallest absolute Gasteiger partial charge is 0.306 e. The Kier molecular flexibility index (Phi) is 5.05. The second-order valence-corrected chi connectivity index (χ2v) is 4.64. The van der Waals surface area contributed by atoms with Crippen molar-refractivity contribution in [1.82, 2.24) is 24.6 Å². The minimum atomic E-state index is -0.199. The summed E-state index contributed by atoms with van der Waals surface area (Å²) in [6.07, 6.45) is 3.34. The summed E-state index contributed by atoms with van der Waals surface area (Å²) in [6.45, 7) is 3.81. The molecule has 20 heavy (non-hydrogen) atoms. The van der Waals surface area contributed by atoms with Gasteiger partial charge in [0.15, 0.2) is 0 Å². The Hall–Kier alpha value is -1.96. The molecule has 8 nitrogen and oxygen atoms in total. The molecule has 0 unspecified atom stereocenters. The number of nitrogens with zero attached hydrogens (tertiary/aromatic N) is 5. The van der Waals surface area contributed by atoms with Crippen molar-refractivity contribution < 1.29 is 14.3 Å². The molecule has 2 heterocycles. The predicted molar refractivity (Wildman–Crippen MR) is 69.7 cm³/mol. The summed E-state index contributed by atoms with van der Waals surface area (Å²) in [5.74, 6) is -0.155. The van der Waals surface area contributed by atoms with Crippen LogP contribution in [0.2, 0.25) is 0 Å². The van der Waals surface area contributed by atoms with Gasteiger partial charge >= 0.3 is 5.97 Å². The summed E-state index contributed by atoms with van der Waals surface area (Å²) in [7, 11) is 1.39. The number of rotatable bonds is 5. The number of piperazine rings is 1. The van der Waals surface area contributed by atoms with E-state index in [0.717, 1.165) is 13.1 Å². The summed E-state index contributed by atoms with van der Waals surface area (Å²) in [4.78, 5) is 30.9. The van der Waals surface area contributed by atoms with Crippen molar-refractivity contribution in [3.63, 3.8) is 0 Å².